The molecule has 1 aromatic carbocycles. The van der Waals surface area contributed by atoms with Gasteiger partial charge in [0.15, 0.2) is 0 Å². The van der Waals surface area contributed by atoms with Crippen LogP contribution in [0.25, 0.3) is 0 Å². The first-order chi connectivity index (χ1) is 9.49. The second kappa shape index (κ2) is 7.86. The first-order valence-electron chi connectivity index (χ1n) is 6.20. The minimum atomic E-state index is -3.37. The lowest BCUT2D eigenvalue weighted by Gasteiger charge is -2.09. The van der Waals surface area contributed by atoms with Crippen molar-refractivity contribution < 1.29 is 23.1 Å². The van der Waals surface area contributed by atoms with E-state index in [1.54, 1.807) is 38.1 Å². The fourth-order valence-electron chi connectivity index (χ4n) is 1.35. The maximum absolute atomic E-state index is 12.1. The molecule has 0 spiro atoms. The van der Waals surface area contributed by atoms with Crippen molar-refractivity contribution in [1.82, 2.24) is 0 Å². The van der Waals surface area contributed by atoms with Crippen molar-refractivity contribution >= 4 is 13.6 Å². The lowest BCUT2D eigenvalue weighted by Crippen LogP contribution is -2.00. The number of hydrogen-bond acceptors (Lipinski definition) is 5. The molecule has 0 atom stereocenters. The molecule has 0 aliphatic heterocycles. The number of rotatable bonds is 5. The highest BCUT2D eigenvalue weighted by atomic mass is 31.2. The highest BCUT2D eigenvalue weighted by molar-refractivity contribution is 7.59. The molecule has 0 aromatic heterocycles. The molecule has 1 aromatic rings. The number of esters is 1. The van der Waals surface area contributed by atoms with Crippen molar-refractivity contribution in [3.05, 3.63) is 29.8 Å². The Hall–Kier alpha value is -1.60. The van der Waals surface area contributed by atoms with Crippen molar-refractivity contribution in [2.75, 3.05) is 13.2 Å². The zero-order valence-electron chi connectivity index (χ0n) is 11.7. The third-order valence-corrected chi connectivity index (χ3v) is 3.63. The Labute approximate surface area is 118 Å². The Morgan fingerprint density at radius 2 is 1.70 bits per heavy atom. The third kappa shape index (κ3) is 5.58. The van der Waals surface area contributed by atoms with Gasteiger partial charge in [-0.15, -0.1) is 0 Å². The molecule has 0 aliphatic rings. The average Bonchev–Trinajstić information content (AvgIpc) is 2.38. The molecule has 108 valence electrons. The van der Waals surface area contributed by atoms with Crippen LogP contribution in [0.5, 0.6) is 5.75 Å². The average molecular weight is 296 g/mol. The lowest BCUT2D eigenvalue weighted by molar-refractivity contribution is -0.131. The van der Waals surface area contributed by atoms with Gasteiger partial charge in [0.25, 0.3) is 0 Å². The van der Waals surface area contributed by atoms with Crippen LogP contribution in [-0.4, -0.2) is 19.2 Å². The zero-order chi connectivity index (χ0) is 15.0. The van der Waals surface area contributed by atoms with Gasteiger partial charge in [-0.25, -0.2) is 4.57 Å². The van der Waals surface area contributed by atoms with Crippen LogP contribution in [-0.2, 0) is 18.4 Å². The quantitative estimate of drug-likeness (QED) is 0.361. The van der Waals surface area contributed by atoms with Crippen molar-refractivity contribution in [1.29, 1.82) is 0 Å². The molecule has 0 heterocycles. The second-order valence-electron chi connectivity index (χ2n) is 3.69. The maximum atomic E-state index is 12.1. The van der Waals surface area contributed by atoms with Gasteiger partial charge in [0.1, 0.15) is 5.75 Å². The normalized spacial score (nSPS) is 10.6. The summed E-state index contributed by atoms with van der Waals surface area (Å²) in [5, 5.41) is 0. The molecular formula is C14H17O5P. The minimum absolute atomic E-state index is 0.261. The predicted molar refractivity (Wildman–Crippen MR) is 75.5 cm³/mol. The number of carbonyl (C=O) groups excluding carboxylic acids is 1. The molecule has 0 unspecified atom stereocenters. The van der Waals surface area contributed by atoms with Crippen molar-refractivity contribution in [2.45, 2.75) is 20.8 Å². The van der Waals surface area contributed by atoms with E-state index < -0.39 is 7.60 Å². The van der Waals surface area contributed by atoms with Gasteiger partial charge in [-0.3, -0.25) is 13.8 Å². The first-order valence-corrected chi connectivity index (χ1v) is 7.74. The Bertz CT molecular complexity index is 543. The zero-order valence-corrected chi connectivity index (χ0v) is 12.6. The summed E-state index contributed by atoms with van der Waals surface area (Å²) in [6.07, 6.45) is 0. The van der Waals surface area contributed by atoms with Crippen molar-refractivity contribution in [3.63, 3.8) is 0 Å². The van der Waals surface area contributed by atoms with Gasteiger partial charge in [0.2, 0.25) is 0 Å². The minimum Gasteiger partial charge on any atom is -0.427 e. The predicted octanol–water partition coefficient (Wildman–Crippen LogP) is 3.19. The number of benzene rings is 1. The van der Waals surface area contributed by atoms with Crippen LogP contribution < -0.4 is 4.74 Å². The molecular weight excluding hydrogens is 279 g/mol. The summed E-state index contributed by atoms with van der Waals surface area (Å²) >= 11 is 0. The third-order valence-electron chi connectivity index (χ3n) is 2.05. The lowest BCUT2D eigenvalue weighted by atomic mass is 10.2. The molecule has 6 heteroatoms. The number of hydrogen-bond donors (Lipinski definition) is 0. The molecule has 0 N–H and O–H groups in total. The van der Waals surface area contributed by atoms with Crippen molar-refractivity contribution in [3.8, 4) is 17.3 Å². The van der Waals surface area contributed by atoms with E-state index in [1.165, 1.54) is 6.92 Å². The fourth-order valence-corrected chi connectivity index (χ4v) is 2.50. The van der Waals surface area contributed by atoms with Crippen LogP contribution in [0.2, 0.25) is 0 Å². The van der Waals surface area contributed by atoms with Crippen LogP contribution in [0.4, 0.5) is 0 Å². The van der Waals surface area contributed by atoms with E-state index in [4.69, 9.17) is 13.8 Å². The van der Waals surface area contributed by atoms with Crippen LogP contribution in [0.15, 0.2) is 24.3 Å². The molecule has 0 bridgehead atoms. The second-order valence-corrected chi connectivity index (χ2v) is 5.42. The van der Waals surface area contributed by atoms with Crippen LogP contribution in [0, 0.1) is 11.6 Å². The van der Waals surface area contributed by atoms with Crippen molar-refractivity contribution in [2.24, 2.45) is 0 Å². The Morgan fingerprint density at radius 3 is 2.15 bits per heavy atom. The molecule has 0 saturated heterocycles. The number of carbonyl (C=O) groups is 1. The van der Waals surface area contributed by atoms with Gasteiger partial charge in [-0.1, -0.05) is 5.92 Å². The summed E-state index contributed by atoms with van der Waals surface area (Å²) in [6.45, 7) is 5.30. The van der Waals surface area contributed by atoms with Gasteiger partial charge < -0.3 is 4.74 Å². The van der Waals surface area contributed by atoms with E-state index in [0.717, 1.165) is 0 Å². The van der Waals surface area contributed by atoms with E-state index in [-0.39, 0.29) is 19.2 Å². The van der Waals surface area contributed by atoms with Crippen LogP contribution in [0.3, 0.4) is 0 Å². The van der Waals surface area contributed by atoms with Gasteiger partial charge in [-0.05, 0) is 38.1 Å². The Balaban J connectivity index is 2.84. The summed E-state index contributed by atoms with van der Waals surface area (Å²) in [7, 11) is -3.37. The highest BCUT2D eigenvalue weighted by Gasteiger charge is 2.19. The Kier molecular flexibility index (Phi) is 6.47. The largest absolute Gasteiger partial charge is 0.427 e. The maximum Gasteiger partial charge on any atom is 0.405 e. The van der Waals surface area contributed by atoms with E-state index in [9.17, 15) is 9.36 Å². The van der Waals surface area contributed by atoms with Gasteiger partial charge in [0, 0.05) is 18.1 Å². The monoisotopic (exact) mass is 296 g/mol. The fraction of sp³-hybridized carbons (Fsp3) is 0.357. The molecule has 1 rings (SSSR count). The summed E-state index contributed by atoms with van der Waals surface area (Å²) in [6, 6.07) is 6.54. The summed E-state index contributed by atoms with van der Waals surface area (Å²) in [4.78, 5) is 10.8. The highest BCUT2D eigenvalue weighted by Crippen LogP contribution is 2.46. The molecule has 0 saturated carbocycles. The first kappa shape index (κ1) is 16.5. The Morgan fingerprint density at radius 1 is 1.15 bits per heavy atom. The number of ether oxygens (including phenoxy) is 1. The molecule has 0 fully saturated rings. The van der Waals surface area contributed by atoms with E-state index in [1.807, 2.05) is 0 Å². The van der Waals surface area contributed by atoms with E-state index in [2.05, 4.69) is 11.6 Å². The summed E-state index contributed by atoms with van der Waals surface area (Å²) < 4.78 is 27.1. The van der Waals surface area contributed by atoms with E-state index in [0.29, 0.717) is 11.3 Å². The van der Waals surface area contributed by atoms with Gasteiger partial charge in [0.05, 0.1) is 13.2 Å². The van der Waals surface area contributed by atoms with Crippen LogP contribution in [0.1, 0.15) is 26.3 Å². The molecule has 0 aliphatic carbocycles. The summed E-state index contributed by atoms with van der Waals surface area (Å²) in [5.74, 6) is 2.78. The summed E-state index contributed by atoms with van der Waals surface area (Å²) in [5.41, 5.74) is 3.15. The molecule has 0 amide bonds. The van der Waals surface area contributed by atoms with Crippen LogP contribution >= 0.6 is 7.60 Å². The molecule has 5 nitrogen and oxygen atoms in total. The van der Waals surface area contributed by atoms with Gasteiger partial charge >= 0.3 is 13.6 Å². The van der Waals surface area contributed by atoms with Gasteiger partial charge in [-0.2, -0.15) is 0 Å². The SMILES string of the molecule is CCOP(=O)(C#Cc1ccc(OC(C)=O)cc1)OCC. The van der Waals surface area contributed by atoms with E-state index >= 15 is 0 Å². The topological polar surface area (TPSA) is 61.8 Å². The molecule has 0 radical (unpaired) electrons. The smallest absolute Gasteiger partial charge is 0.405 e. The molecule has 20 heavy (non-hydrogen) atoms. The standard InChI is InChI=1S/C14H17O5P/c1-4-17-20(16,18-5-2)11-10-13-6-8-14(9-7-13)19-12(3)15/h6-9H,4-5H2,1-3H3.